The zero-order chi connectivity index (χ0) is 20.3. The molecule has 2 aromatic rings. The number of benzene rings is 2. The van der Waals surface area contributed by atoms with Crippen LogP contribution in [-0.4, -0.2) is 44.0 Å². The largest absolute Gasteiger partial charge is 0.385 e. The number of ether oxygens (including phenoxy) is 1. The number of imide groups is 1. The number of methoxy groups -OCH3 is 1. The van der Waals surface area contributed by atoms with Crippen LogP contribution in [0.2, 0.25) is 10.0 Å². The van der Waals surface area contributed by atoms with Crippen molar-refractivity contribution in [2.24, 2.45) is 0 Å². The van der Waals surface area contributed by atoms with E-state index >= 15 is 0 Å². The lowest BCUT2D eigenvalue weighted by Gasteiger charge is -2.21. The highest BCUT2D eigenvalue weighted by molar-refractivity contribution is 6.41. The first kappa shape index (κ1) is 20.4. The summed E-state index contributed by atoms with van der Waals surface area (Å²) in [7, 11) is 3.34. The summed E-state index contributed by atoms with van der Waals surface area (Å²) in [6, 6.07) is 14.3. The smallest absolute Gasteiger partial charge is 0.278 e. The number of amides is 2. The molecule has 0 radical (unpaired) electrons. The van der Waals surface area contributed by atoms with E-state index in [1.807, 2.05) is 30.3 Å². The molecule has 3 rings (SSSR count). The summed E-state index contributed by atoms with van der Waals surface area (Å²) in [5.41, 5.74) is 1.84. The van der Waals surface area contributed by atoms with Gasteiger partial charge in [0.05, 0.1) is 10.6 Å². The maximum atomic E-state index is 13.2. The fourth-order valence-corrected chi connectivity index (χ4v) is 3.66. The highest BCUT2D eigenvalue weighted by Crippen LogP contribution is 2.37. The van der Waals surface area contributed by atoms with Gasteiger partial charge in [0, 0.05) is 43.6 Å². The number of anilines is 1. The Hall–Kier alpha value is -2.34. The minimum absolute atomic E-state index is 0.270. The van der Waals surface area contributed by atoms with Crippen molar-refractivity contribution in [2.45, 2.75) is 6.42 Å². The zero-order valence-electron chi connectivity index (χ0n) is 15.6. The molecule has 5 nitrogen and oxygen atoms in total. The highest BCUT2D eigenvalue weighted by Gasteiger charge is 2.41. The number of halogens is 2. The molecule has 0 atom stereocenters. The molecule has 0 spiro atoms. The van der Waals surface area contributed by atoms with Crippen molar-refractivity contribution in [1.82, 2.24) is 4.90 Å². The van der Waals surface area contributed by atoms with Crippen LogP contribution in [0.1, 0.15) is 12.0 Å². The number of carbonyl (C=O) groups is 2. The van der Waals surface area contributed by atoms with E-state index in [1.165, 1.54) is 4.90 Å². The van der Waals surface area contributed by atoms with Gasteiger partial charge in [0.15, 0.2) is 0 Å². The first-order valence-corrected chi connectivity index (χ1v) is 9.55. The molecule has 0 fully saturated rings. The molecule has 0 saturated heterocycles. The van der Waals surface area contributed by atoms with Gasteiger partial charge in [-0.2, -0.15) is 0 Å². The maximum Gasteiger partial charge on any atom is 0.278 e. The van der Waals surface area contributed by atoms with Gasteiger partial charge in [0.2, 0.25) is 0 Å². The number of hydrogen-bond acceptors (Lipinski definition) is 4. The second kappa shape index (κ2) is 8.78. The lowest BCUT2D eigenvalue weighted by molar-refractivity contribution is -0.137. The molecule has 0 saturated carbocycles. The summed E-state index contributed by atoms with van der Waals surface area (Å²) >= 11 is 12.4. The van der Waals surface area contributed by atoms with Crippen molar-refractivity contribution < 1.29 is 14.3 Å². The van der Waals surface area contributed by atoms with Crippen LogP contribution in [0.5, 0.6) is 0 Å². The monoisotopic (exact) mass is 418 g/mol. The average Bonchev–Trinajstić information content (AvgIpc) is 2.93. The molecule has 146 valence electrons. The molecule has 1 aliphatic rings. The third kappa shape index (κ3) is 3.92. The molecular weight excluding hydrogens is 399 g/mol. The Balaban J connectivity index is 2.10. The van der Waals surface area contributed by atoms with Crippen molar-refractivity contribution in [1.29, 1.82) is 0 Å². The average molecular weight is 419 g/mol. The quantitative estimate of drug-likeness (QED) is 0.498. The van der Waals surface area contributed by atoms with Crippen LogP contribution in [0, 0.1) is 0 Å². The van der Waals surface area contributed by atoms with Crippen molar-refractivity contribution in [3.05, 3.63) is 69.8 Å². The molecule has 2 aromatic carbocycles. The molecule has 1 heterocycles. The van der Waals surface area contributed by atoms with Gasteiger partial charge in [-0.25, -0.2) is 0 Å². The van der Waals surface area contributed by atoms with Crippen molar-refractivity contribution in [3.63, 3.8) is 0 Å². The summed E-state index contributed by atoms with van der Waals surface area (Å²) < 4.78 is 5.05. The lowest BCUT2D eigenvalue weighted by Crippen LogP contribution is -2.35. The third-order valence-electron chi connectivity index (χ3n) is 4.55. The second-order valence-corrected chi connectivity index (χ2v) is 7.19. The molecular formula is C21H20Cl2N2O3. The van der Waals surface area contributed by atoms with Gasteiger partial charge in [0.1, 0.15) is 5.70 Å². The van der Waals surface area contributed by atoms with E-state index in [-0.39, 0.29) is 29.6 Å². The molecule has 7 heteroatoms. The molecule has 28 heavy (non-hydrogen) atoms. The number of hydrogen-bond donors (Lipinski definition) is 0. The highest BCUT2D eigenvalue weighted by atomic mass is 35.5. The predicted molar refractivity (Wildman–Crippen MR) is 111 cm³/mol. The van der Waals surface area contributed by atoms with Gasteiger partial charge in [-0.05, 0) is 30.7 Å². The number of carbonyl (C=O) groups excluding carboxylic acids is 2. The number of para-hydroxylation sites is 1. The lowest BCUT2D eigenvalue weighted by atomic mass is 10.0. The number of likely N-dealkylation sites (N-methyl/N-ethyl adjacent to an activating group) is 1. The van der Waals surface area contributed by atoms with Crippen LogP contribution in [0.15, 0.2) is 54.2 Å². The second-order valence-electron chi connectivity index (χ2n) is 6.35. The van der Waals surface area contributed by atoms with E-state index in [4.69, 9.17) is 27.9 Å². The van der Waals surface area contributed by atoms with Crippen molar-refractivity contribution in [2.75, 3.05) is 32.2 Å². The van der Waals surface area contributed by atoms with Crippen LogP contribution in [0.4, 0.5) is 5.69 Å². The van der Waals surface area contributed by atoms with E-state index in [0.717, 1.165) is 5.69 Å². The minimum Gasteiger partial charge on any atom is -0.385 e. The molecule has 1 aliphatic heterocycles. The van der Waals surface area contributed by atoms with Gasteiger partial charge < -0.3 is 9.64 Å². The van der Waals surface area contributed by atoms with Gasteiger partial charge in [-0.1, -0.05) is 47.5 Å². The molecule has 0 bridgehead atoms. The van der Waals surface area contributed by atoms with Gasteiger partial charge in [-0.15, -0.1) is 0 Å². The SMILES string of the molecule is COCCCN1C(=O)C(c2ccc(Cl)cc2Cl)=C(N(C)c2ccccc2)C1=O. The van der Waals surface area contributed by atoms with Gasteiger partial charge in [-0.3, -0.25) is 14.5 Å². The minimum atomic E-state index is -0.372. The summed E-state index contributed by atoms with van der Waals surface area (Å²) in [5, 5.41) is 0.780. The van der Waals surface area contributed by atoms with Gasteiger partial charge >= 0.3 is 0 Å². The first-order valence-electron chi connectivity index (χ1n) is 8.79. The predicted octanol–water partition coefficient (Wildman–Crippen LogP) is 4.25. The zero-order valence-corrected chi connectivity index (χ0v) is 17.1. The van der Waals surface area contributed by atoms with Crippen LogP contribution in [0.25, 0.3) is 5.57 Å². The molecule has 0 N–H and O–H groups in total. The van der Waals surface area contributed by atoms with Crippen LogP contribution < -0.4 is 4.90 Å². The summed E-state index contributed by atoms with van der Waals surface area (Å²) in [5.74, 6) is -0.725. The Morgan fingerprint density at radius 1 is 1.04 bits per heavy atom. The standard InChI is InChI=1S/C21H20Cl2N2O3/c1-24(15-7-4-3-5-8-15)19-18(16-10-9-14(22)13-17(16)23)20(26)25(21(19)27)11-6-12-28-2/h3-5,7-10,13H,6,11-12H2,1-2H3. The van der Waals surface area contributed by atoms with Crippen molar-refractivity contribution >= 4 is 46.3 Å². The van der Waals surface area contributed by atoms with Crippen LogP contribution in [0.3, 0.4) is 0 Å². The Morgan fingerprint density at radius 2 is 1.75 bits per heavy atom. The summed E-state index contributed by atoms with van der Waals surface area (Å²) in [6.07, 6.45) is 0.554. The fraction of sp³-hybridized carbons (Fsp3) is 0.238. The maximum absolute atomic E-state index is 13.2. The summed E-state index contributed by atoms with van der Waals surface area (Å²) in [6.45, 7) is 0.726. The molecule has 2 amide bonds. The van der Waals surface area contributed by atoms with E-state index in [0.29, 0.717) is 28.6 Å². The van der Waals surface area contributed by atoms with E-state index in [1.54, 1.807) is 37.3 Å². The Kier molecular flexibility index (Phi) is 6.39. The van der Waals surface area contributed by atoms with E-state index in [9.17, 15) is 9.59 Å². The Morgan fingerprint density at radius 3 is 2.39 bits per heavy atom. The molecule has 0 aliphatic carbocycles. The Bertz CT molecular complexity index is 929. The topological polar surface area (TPSA) is 49.9 Å². The first-order chi connectivity index (χ1) is 13.5. The normalized spacial score (nSPS) is 14.2. The van der Waals surface area contributed by atoms with Crippen LogP contribution in [-0.2, 0) is 14.3 Å². The Labute approximate surface area is 174 Å². The fourth-order valence-electron chi connectivity index (χ4n) is 3.16. The van der Waals surface area contributed by atoms with E-state index < -0.39 is 0 Å². The van der Waals surface area contributed by atoms with Crippen molar-refractivity contribution in [3.8, 4) is 0 Å². The van der Waals surface area contributed by atoms with Gasteiger partial charge in [0.25, 0.3) is 11.8 Å². The third-order valence-corrected chi connectivity index (χ3v) is 5.10. The van der Waals surface area contributed by atoms with E-state index in [2.05, 4.69) is 0 Å². The van der Waals surface area contributed by atoms with Crippen LogP contribution >= 0.6 is 23.2 Å². The summed E-state index contributed by atoms with van der Waals surface area (Å²) in [4.78, 5) is 29.3. The number of rotatable bonds is 7. The molecule has 0 aromatic heterocycles. The number of nitrogens with zero attached hydrogens (tertiary/aromatic N) is 2. The molecule has 0 unspecified atom stereocenters.